The minimum Gasteiger partial charge on any atom is -0.335 e. The smallest absolute Gasteiger partial charge is 0.259 e. The second-order valence-corrected chi connectivity index (χ2v) is 6.73. The van der Waals surface area contributed by atoms with E-state index in [2.05, 4.69) is 20.6 Å². The number of hydrogen-bond acceptors (Lipinski definition) is 5. The van der Waals surface area contributed by atoms with E-state index in [0.29, 0.717) is 32.9 Å². The molecule has 1 aromatic carbocycles. The number of nitrogens with one attached hydrogen (secondary N) is 1. The normalized spacial score (nSPS) is 11.2. The first kappa shape index (κ1) is 18.1. The summed E-state index contributed by atoms with van der Waals surface area (Å²) in [5, 5.41) is 11.8. The molecule has 0 saturated heterocycles. The molecule has 0 spiro atoms. The quantitative estimate of drug-likeness (QED) is 0.555. The predicted octanol–water partition coefficient (Wildman–Crippen LogP) is 4.28. The molecule has 0 aliphatic heterocycles. The molecule has 0 atom stereocenters. The summed E-state index contributed by atoms with van der Waals surface area (Å²) in [6.45, 7) is 3.54. The van der Waals surface area contributed by atoms with Crippen molar-refractivity contribution >= 4 is 34.4 Å². The van der Waals surface area contributed by atoms with Gasteiger partial charge in [0, 0.05) is 18.3 Å². The van der Waals surface area contributed by atoms with Crippen LogP contribution in [0.15, 0.2) is 34.9 Å². The van der Waals surface area contributed by atoms with E-state index < -0.39 is 5.91 Å². The molecule has 9 heteroatoms. The number of aromatic nitrogens is 4. The number of aryl methyl sites for hydroxylation is 2. The summed E-state index contributed by atoms with van der Waals surface area (Å²) in [5.41, 5.74) is 2.84. The van der Waals surface area contributed by atoms with Crippen LogP contribution in [0.2, 0.25) is 5.02 Å². The van der Waals surface area contributed by atoms with Crippen molar-refractivity contribution in [3.63, 3.8) is 0 Å². The van der Waals surface area contributed by atoms with Gasteiger partial charge in [0.25, 0.3) is 11.6 Å². The lowest BCUT2D eigenvalue weighted by atomic mass is 10.0. The lowest BCUT2D eigenvalue weighted by Gasteiger charge is -2.06. The summed E-state index contributed by atoms with van der Waals surface area (Å²) in [5.74, 6) is -0.542. The Labute approximate surface area is 164 Å². The summed E-state index contributed by atoms with van der Waals surface area (Å²) in [6.07, 6.45) is 0. The molecule has 3 heterocycles. The van der Waals surface area contributed by atoms with Gasteiger partial charge in [-0.1, -0.05) is 16.8 Å². The van der Waals surface area contributed by atoms with Gasteiger partial charge in [0.2, 0.25) is 0 Å². The van der Waals surface area contributed by atoms with Gasteiger partial charge in [-0.3, -0.25) is 9.48 Å². The Morgan fingerprint density at radius 3 is 2.61 bits per heavy atom. The molecule has 0 saturated carbocycles. The lowest BCUT2D eigenvalue weighted by molar-refractivity contribution is 0.102. The number of rotatable bonds is 3. The first-order valence-electron chi connectivity index (χ1n) is 8.38. The molecule has 4 aromatic rings. The number of carbonyl (C=O) groups excluding carboxylic acids is 1. The molecule has 0 bridgehead atoms. The highest BCUT2D eigenvalue weighted by Gasteiger charge is 2.22. The number of nitrogens with zero attached hydrogens (tertiary/aromatic N) is 4. The molecular weight excluding hydrogens is 385 g/mol. The average molecular weight is 400 g/mol. The van der Waals surface area contributed by atoms with Gasteiger partial charge < -0.3 is 9.84 Å². The van der Waals surface area contributed by atoms with Crippen molar-refractivity contribution in [1.82, 2.24) is 19.9 Å². The van der Waals surface area contributed by atoms with Crippen LogP contribution in [0.1, 0.15) is 21.7 Å². The van der Waals surface area contributed by atoms with Gasteiger partial charge in [0.1, 0.15) is 16.5 Å². The second kappa shape index (κ2) is 6.72. The van der Waals surface area contributed by atoms with Crippen LogP contribution >= 0.6 is 11.6 Å². The van der Waals surface area contributed by atoms with E-state index in [9.17, 15) is 9.18 Å². The van der Waals surface area contributed by atoms with Gasteiger partial charge in [-0.15, -0.1) is 0 Å². The molecule has 142 valence electrons. The van der Waals surface area contributed by atoms with Crippen LogP contribution in [-0.4, -0.2) is 25.8 Å². The van der Waals surface area contributed by atoms with E-state index in [-0.39, 0.29) is 17.3 Å². The van der Waals surface area contributed by atoms with Gasteiger partial charge in [-0.2, -0.15) is 5.10 Å². The summed E-state index contributed by atoms with van der Waals surface area (Å²) in [6, 6.07) is 7.38. The Morgan fingerprint density at radius 2 is 1.96 bits per heavy atom. The van der Waals surface area contributed by atoms with Gasteiger partial charge in [-0.25, -0.2) is 9.37 Å². The number of fused-ring (bicyclic) bond motifs is 1. The molecule has 7 nitrogen and oxygen atoms in total. The summed E-state index contributed by atoms with van der Waals surface area (Å²) < 4.78 is 20.2. The number of anilines is 1. The monoisotopic (exact) mass is 399 g/mol. The van der Waals surface area contributed by atoms with E-state index in [1.54, 1.807) is 43.8 Å². The Kier molecular flexibility index (Phi) is 4.35. The third-order valence-electron chi connectivity index (χ3n) is 4.43. The van der Waals surface area contributed by atoms with E-state index in [1.165, 1.54) is 12.1 Å². The number of benzene rings is 1. The highest BCUT2D eigenvalue weighted by molar-refractivity contribution is 6.34. The summed E-state index contributed by atoms with van der Waals surface area (Å²) >= 11 is 6.24. The molecule has 0 fully saturated rings. The average Bonchev–Trinajstić information content (AvgIpc) is 3.18. The fraction of sp³-hybridized carbons (Fsp3) is 0.158. The van der Waals surface area contributed by atoms with Crippen LogP contribution in [0, 0.1) is 19.7 Å². The van der Waals surface area contributed by atoms with E-state index in [4.69, 9.17) is 16.1 Å². The topological polar surface area (TPSA) is 85.8 Å². The number of amides is 1. The highest BCUT2D eigenvalue weighted by Crippen LogP contribution is 2.31. The largest absolute Gasteiger partial charge is 0.335 e. The fourth-order valence-corrected chi connectivity index (χ4v) is 3.10. The predicted molar refractivity (Wildman–Crippen MR) is 103 cm³/mol. The van der Waals surface area contributed by atoms with Crippen LogP contribution in [0.3, 0.4) is 0 Å². The molecule has 4 rings (SSSR count). The van der Waals surface area contributed by atoms with Crippen molar-refractivity contribution < 1.29 is 13.7 Å². The molecule has 0 radical (unpaired) electrons. The maximum absolute atomic E-state index is 13.3. The molecule has 0 aliphatic carbocycles. The molecular formula is C19H15ClFN5O2. The first-order chi connectivity index (χ1) is 13.3. The van der Waals surface area contributed by atoms with Crippen molar-refractivity contribution in [2.45, 2.75) is 13.8 Å². The Balaban J connectivity index is 1.83. The number of pyridine rings is 1. The van der Waals surface area contributed by atoms with E-state index >= 15 is 0 Å². The fourth-order valence-electron chi connectivity index (χ4n) is 2.89. The molecule has 1 amide bonds. The maximum atomic E-state index is 13.3. The Hall–Kier alpha value is -3.26. The standard InChI is InChI=1S/C19H15ClFN5O2/c1-9-8-13(18(27)23-17-15(20)10(2)26(3)24-17)14-16(25-28-19(14)22-9)11-4-6-12(21)7-5-11/h4-8H,1-3H3,(H,23,24,27). The van der Waals surface area contributed by atoms with E-state index in [0.717, 1.165) is 5.69 Å². The second-order valence-electron chi connectivity index (χ2n) is 6.36. The number of hydrogen-bond donors (Lipinski definition) is 1. The molecule has 28 heavy (non-hydrogen) atoms. The Morgan fingerprint density at radius 1 is 1.25 bits per heavy atom. The molecule has 3 aromatic heterocycles. The lowest BCUT2D eigenvalue weighted by Crippen LogP contribution is -2.14. The summed E-state index contributed by atoms with van der Waals surface area (Å²) in [7, 11) is 1.73. The van der Waals surface area contributed by atoms with Gasteiger partial charge in [-0.05, 0) is 44.2 Å². The van der Waals surface area contributed by atoms with Crippen molar-refractivity contribution in [2.24, 2.45) is 7.05 Å². The Bertz CT molecular complexity index is 1210. The minimum atomic E-state index is -0.429. The zero-order valence-corrected chi connectivity index (χ0v) is 16.0. The number of carbonyl (C=O) groups is 1. The first-order valence-corrected chi connectivity index (χ1v) is 8.76. The van der Waals surface area contributed by atoms with Crippen molar-refractivity contribution in [3.05, 3.63) is 58.1 Å². The van der Waals surface area contributed by atoms with Gasteiger partial charge in [0.15, 0.2) is 5.82 Å². The van der Waals surface area contributed by atoms with Crippen LogP contribution in [-0.2, 0) is 7.05 Å². The highest BCUT2D eigenvalue weighted by atomic mass is 35.5. The van der Waals surface area contributed by atoms with Crippen molar-refractivity contribution in [2.75, 3.05) is 5.32 Å². The zero-order chi connectivity index (χ0) is 20.0. The SMILES string of the molecule is Cc1cc(C(=O)Nc2nn(C)c(C)c2Cl)c2c(-c3ccc(F)cc3)noc2n1. The maximum Gasteiger partial charge on any atom is 0.259 e. The molecule has 1 N–H and O–H groups in total. The number of halogens is 2. The van der Waals surface area contributed by atoms with Gasteiger partial charge >= 0.3 is 0 Å². The van der Waals surface area contributed by atoms with Crippen LogP contribution in [0.4, 0.5) is 10.2 Å². The molecule has 0 unspecified atom stereocenters. The van der Waals surface area contributed by atoms with Crippen molar-refractivity contribution in [1.29, 1.82) is 0 Å². The zero-order valence-electron chi connectivity index (χ0n) is 15.2. The molecule has 0 aliphatic rings. The minimum absolute atomic E-state index is 0.216. The van der Waals surface area contributed by atoms with E-state index in [1.807, 2.05) is 0 Å². The van der Waals surface area contributed by atoms with Crippen LogP contribution < -0.4 is 5.32 Å². The van der Waals surface area contributed by atoms with Crippen LogP contribution in [0.5, 0.6) is 0 Å². The summed E-state index contributed by atoms with van der Waals surface area (Å²) in [4.78, 5) is 17.3. The van der Waals surface area contributed by atoms with Crippen molar-refractivity contribution in [3.8, 4) is 11.3 Å². The third kappa shape index (κ3) is 3.01. The van der Waals surface area contributed by atoms with Crippen LogP contribution in [0.25, 0.3) is 22.4 Å². The third-order valence-corrected chi connectivity index (χ3v) is 4.88. The van der Waals surface area contributed by atoms with Gasteiger partial charge in [0.05, 0.1) is 16.6 Å².